The van der Waals surface area contributed by atoms with Gasteiger partial charge in [-0.15, -0.1) is 0 Å². The summed E-state index contributed by atoms with van der Waals surface area (Å²) in [5.41, 5.74) is 1.93. The number of hydrogen-bond donors (Lipinski definition) is 2. The lowest BCUT2D eigenvalue weighted by Gasteiger charge is -1.96. The smallest absolute Gasteiger partial charge is 0.249 e. The largest absolute Gasteiger partial charge is 0.306 e. The number of hydrogen-bond acceptors (Lipinski definition) is 2. The van der Waals surface area contributed by atoms with Gasteiger partial charge in [0, 0.05) is 22.9 Å². The average molecular weight is 290 g/mol. The molecule has 5 heteroatoms. The van der Waals surface area contributed by atoms with Crippen molar-refractivity contribution in [2.75, 3.05) is 5.32 Å². The molecule has 0 fully saturated rings. The van der Waals surface area contributed by atoms with Crippen molar-refractivity contribution < 1.29 is 4.79 Å². The number of aromatic nitrogens is 2. The van der Waals surface area contributed by atoms with E-state index in [2.05, 4.69) is 22.4 Å². The second-order valence-corrected chi connectivity index (χ2v) is 4.84. The van der Waals surface area contributed by atoms with Gasteiger partial charge in [-0.25, -0.2) is 0 Å². The van der Waals surface area contributed by atoms with Crippen LogP contribution in [0.1, 0.15) is 24.6 Å². The van der Waals surface area contributed by atoms with E-state index in [4.69, 9.17) is 11.6 Å². The fourth-order valence-electron chi connectivity index (χ4n) is 1.74. The molecule has 0 aliphatic carbocycles. The molecule has 104 valence electrons. The zero-order valence-electron chi connectivity index (χ0n) is 11.2. The molecular weight excluding hydrogens is 274 g/mol. The number of amides is 1. The molecule has 0 aliphatic rings. The average Bonchev–Trinajstić information content (AvgIpc) is 2.86. The number of aryl methyl sites for hydroxylation is 1. The van der Waals surface area contributed by atoms with E-state index >= 15 is 0 Å². The predicted molar refractivity (Wildman–Crippen MR) is 81.7 cm³/mol. The highest BCUT2D eigenvalue weighted by Crippen LogP contribution is 2.11. The standard InChI is InChI=1S/C15H16ClN3O/c1-2-3-13-10-14(19-18-13)17-15(20)9-6-11-4-7-12(16)8-5-11/h4-10H,2-3H2,1H3,(H2,17,18,19,20)/b9-6+. The minimum Gasteiger partial charge on any atom is -0.306 e. The summed E-state index contributed by atoms with van der Waals surface area (Å²) in [6.45, 7) is 2.09. The number of nitrogens with one attached hydrogen (secondary N) is 2. The van der Waals surface area contributed by atoms with Gasteiger partial charge in [0.1, 0.15) is 0 Å². The number of aromatic amines is 1. The number of carbonyl (C=O) groups is 1. The van der Waals surface area contributed by atoms with Crippen LogP contribution in [0.25, 0.3) is 6.08 Å². The van der Waals surface area contributed by atoms with E-state index in [1.807, 2.05) is 18.2 Å². The first-order chi connectivity index (χ1) is 9.67. The minimum atomic E-state index is -0.213. The summed E-state index contributed by atoms with van der Waals surface area (Å²) in [6, 6.07) is 9.10. The molecule has 2 N–H and O–H groups in total. The van der Waals surface area contributed by atoms with Gasteiger partial charge in [-0.3, -0.25) is 9.89 Å². The van der Waals surface area contributed by atoms with Gasteiger partial charge in [0.15, 0.2) is 5.82 Å². The van der Waals surface area contributed by atoms with Crippen molar-refractivity contribution in [3.05, 3.63) is 52.7 Å². The maximum atomic E-state index is 11.7. The highest BCUT2D eigenvalue weighted by atomic mass is 35.5. The molecule has 2 aromatic rings. The molecule has 0 saturated carbocycles. The molecular formula is C15H16ClN3O. The fraction of sp³-hybridized carbons (Fsp3) is 0.200. The van der Waals surface area contributed by atoms with Crippen LogP contribution in [0.15, 0.2) is 36.4 Å². The van der Waals surface area contributed by atoms with Gasteiger partial charge in [0.25, 0.3) is 0 Å². The second kappa shape index (κ2) is 6.91. The van der Waals surface area contributed by atoms with Crippen molar-refractivity contribution in [1.29, 1.82) is 0 Å². The number of carbonyl (C=O) groups excluding carboxylic acids is 1. The Kier molecular flexibility index (Phi) is 4.96. The molecule has 4 nitrogen and oxygen atoms in total. The molecule has 0 bridgehead atoms. The molecule has 0 unspecified atom stereocenters. The maximum absolute atomic E-state index is 11.7. The molecule has 0 aliphatic heterocycles. The van der Waals surface area contributed by atoms with E-state index in [1.54, 1.807) is 18.2 Å². The molecule has 1 aromatic heterocycles. The first-order valence-electron chi connectivity index (χ1n) is 6.46. The lowest BCUT2D eigenvalue weighted by molar-refractivity contribution is -0.111. The first kappa shape index (κ1) is 14.3. The molecule has 1 amide bonds. The van der Waals surface area contributed by atoms with Gasteiger partial charge in [0.05, 0.1) is 0 Å². The molecule has 0 atom stereocenters. The normalized spacial score (nSPS) is 10.9. The second-order valence-electron chi connectivity index (χ2n) is 4.40. The Balaban J connectivity index is 1.92. The van der Waals surface area contributed by atoms with Crippen LogP contribution >= 0.6 is 11.6 Å². The van der Waals surface area contributed by atoms with E-state index < -0.39 is 0 Å². The third kappa shape index (κ3) is 4.24. The van der Waals surface area contributed by atoms with Gasteiger partial charge >= 0.3 is 0 Å². The molecule has 0 spiro atoms. The number of nitrogens with zero attached hydrogens (tertiary/aromatic N) is 1. The van der Waals surface area contributed by atoms with Crippen molar-refractivity contribution in [3.8, 4) is 0 Å². The SMILES string of the molecule is CCCc1cc(NC(=O)/C=C/c2ccc(Cl)cc2)n[nH]1. The summed E-state index contributed by atoms with van der Waals surface area (Å²) in [5, 5.41) is 10.3. The fourth-order valence-corrected chi connectivity index (χ4v) is 1.86. The van der Waals surface area contributed by atoms with Crippen molar-refractivity contribution in [1.82, 2.24) is 10.2 Å². The lowest BCUT2D eigenvalue weighted by atomic mass is 10.2. The molecule has 20 heavy (non-hydrogen) atoms. The topological polar surface area (TPSA) is 57.8 Å². The highest BCUT2D eigenvalue weighted by Gasteiger charge is 2.02. The number of halogens is 1. The summed E-state index contributed by atoms with van der Waals surface area (Å²) >= 11 is 5.79. The van der Waals surface area contributed by atoms with Crippen molar-refractivity contribution >= 4 is 29.4 Å². The Morgan fingerprint density at radius 1 is 1.40 bits per heavy atom. The maximum Gasteiger partial charge on any atom is 0.249 e. The van der Waals surface area contributed by atoms with Crippen LogP contribution in [0.5, 0.6) is 0 Å². The summed E-state index contributed by atoms with van der Waals surface area (Å²) in [7, 11) is 0. The number of benzene rings is 1. The van der Waals surface area contributed by atoms with Crippen molar-refractivity contribution in [2.24, 2.45) is 0 Å². The van der Waals surface area contributed by atoms with Crippen LogP contribution in [-0.4, -0.2) is 16.1 Å². The monoisotopic (exact) mass is 289 g/mol. The minimum absolute atomic E-state index is 0.213. The van der Waals surface area contributed by atoms with E-state index in [0.717, 1.165) is 24.1 Å². The van der Waals surface area contributed by atoms with Crippen LogP contribution in [0.3, 0.4) is 0 Å². The summed E-state index contributed by atoms with van der Waals surface area (Å²) in [6.07, 6.45) is 5.15. The number of H-pyrrole nitrogens is 1. The zero-order chi connectivity index (χ0) is 14.4. The van der Waals surface area contributed by atoms with Gasteiger partial charge < -0.3 is 5.32 Å². The van der Waals surface area contributed by atoms with E-state index in [9.17, 15) is 4.79 Å². The number of anilines is 1. The van der Waals surface area contributed by atoms with Crippen molar-refractivity contribution in [2.45, 2.75) is 19.8 Å². The first-order valence-corrected chi connectivity index (χ1v) is 6.84. The Morgan fingerprint density at radius 2 is 2.15 bits per heavy atom. The molecule has 1 aromatic carbocycles. The summed E-state index contributed by atoms with van der Waals surface area (Å²) < 4.78 is 0. The molecule has 0 radical (unpaired) electrons. The van der Waals surface area contributed by atoms with Crippen LogP contribution < -0.4 is 5.32 Å². The summed E-state index contributed by atoms with van der Waals surface area (Å²) in [5.74, 6) is 0.328. The van der Waals surface area contributed by atoms with Crippen LogP contribution in [0.2, 0.25) is 5.02 Å². The van der Waals surface area contributed by atoms with E-state index in [0.29, 0.717) is 10.8 Å². The molecule has 2 rings (SSSR count). The quantitative estimate of drug-likeness (QED) is 0.825. The van der Waals surface area contributed by atoms with E-state index in [-0.39, 0.29) is 5.91 Å². The molecule has 0 saturated heterocycles. The van der Waals surface area contributed by atoms with Crippen LogP contribution in [0, 0.1) is 0 Å². The Morgan fingerprint density at radius 3 is 2.85 bits per heavy atom. The van der Waals surface area contributed by atoms with Gasteiger partial charge in [-0.05, 0) is 30.2 Å². The summed E-state index contributed by atoms with van der Waals surface area (Å²) in [4.78, 5) is 11.7. The van der Waals surface area contributed by atoms with Gasteiger partial charge in [-0.2, -0.15) is 5.10 Å². The van der Waals surface area contributed by atoms with Crippen molar-refractivity contribution in [3.63, 3.8) is 0 Å². The zero-order valence-corrected chi connectivity index (χ0v) is 11.9. The van der Waals surface area contributed by atoms with E-state index in [1.165, 1.54) is 6.08 Å². The van der Waals surface area contributed by atoms with Crippen LogP contribution in [0.4, 0.5) is 5.82 Å². The Labute approximate surface area is 122 Å². The number of rotatable bonds is 5. The third-order valence-corrected chi connectivity index (χ3v) is 2.95. The third-order valence-electron chi connectivity index (χ3n) is 2.70. The van der Waals surface area contributed by atoms with Crippen LogP contribution in [-0.2, 0) is 11.2 Å². The Bertz CT molecular complexity index is 602. The highest BCUT2D eigenvalue weighted by molar-refractivity contribution is 6.30. The lowest BCUT2D eigenvalue weighted by Crippen LogP contribution is -2.07. The molecule has 1 heterocycles. The Hall–Kier alpha value is -2.07. The van der Waals surface area contributed by atoms with Gasteiger partial charge in [-0.1, -0.05) is 37.1 Å². The van der Waals surface area contributed by atoms with Gasteiger partial charge in [0.2, 0.25) is 5.91 Å². The predicted octanol–water partition coefficient (Wildman–Crippen LogP) is 3.67.